The van der Waals surface area contributed by atoms with Crippen LogP contribution in [0.1, 0.15) is 58.2 Å². The molecule has 0 aliphatic heterocycles. The second-order valence-corrected chi connectivity index (χ2v) is 5.68. The van der Waals surface area contributed by atoms with Crippen LogP contribution in [0.25, 0.3) is 0 Å². The van der Waals surface area contributed by atoms with Crippen molar-refractivity contribution in [3.05, 3.63) is 16.1 Å². The molecular formula is C13H24N2OS. The fourth-order valence-electron chi connectivity index (χ4n) is 1.59. The predicted molar refractivity (Wildman–Crippen MR) is 73.2 cm³/mol. The third-order valence-corrected chi connectivity index (χ3v) is 4.50. The SMILES string of the molecule is CCOC(C)(CC)c1nc(C(C)(N)CC)cs1. The number of thiazole rings is 1. The van der Waals surface area contributed by atoms with Gasteiger partial charge in [-0.05, 0) is 33.6 Å². The molecule has 0 amide bonds. The molecule has 1 rings (SSSR count). The highest BCUT2D eigenvalue weighted by Gasteiger charge is 2.31. The van der Waals surface area contributed by atoms with Gasteiger partial charge in [0.15, 0.2) is 0 Å². The van der Waals surface area contributed by atoms with Crippen LogP contribution in [0.2, 0.25) is 0 Å². The van der Waals surface area contributed by atoms with E-state index in [2.05, 4.69) is 31.1 Å². The van der Waals surface area contributed by atoms with Crippen LogP contribution in [0, 0.1) is 0 Å². The van der Waals surface area contributed by atoms with Crippen molar-refractivity contribution in [2.75, 3.05) is 6.61 Å². The Balaban J connectivity index is 3.01. The van der Waals surface area contributed by atoms with Crippen LogP contribution in [0.15, 0.2) is 5.38 Å². The maximum Gasteiger partial charge on any atom is 0.125 e. The molecule has 0 aromatic carbocycles. The normalized spacial score (nSPS) is 18.7. The summed E-state index contributed by atoms with van der Waals surface area (Å²) in [4.78, 5) is 4.68. The first-order valence-electron chi connectivity index (χ1n) is 6.29. The van der Waals surface area contributed by atoms with E-state index in [1.165, 1.54) is 0 Å². The van der Waals surface area contributed by atoms with E-state index in [0.717, 1.165) is 23.5 Å². The second kappa shape index (κ2) is 5.46. The molecule has 2 unspecified atom stereocenters. The van der Waals surface area contributed by atoms with E-state index in [4.69, 9.17) is 10.5 Å². The summed E-state index contributed by atoms with van der Waals surface area (Å²) in [6, 6.07) is 0. The summed E-state index contributed by atoms with van der Waals surface area (Å²) in [5.74, 6) is 0. The quantitative estimate of drug-likeness (QED) is 0.848. The van der Waals surface area contributed by atoms with Crippen LogP contribution in [0.4, 0.5) is 0 Å². The molecule has 2 N–H and O–H groups in total. The Hall–Kier alpha value is -0.450. The number of aromatic nitrogens is 1. The summed E-state index contributed by atoms with van der Waals surface area (Å²) < 4.78 is 5.83. The lowest BCUT2D eigenvalue weighted by Gasteiger charge is -2.26. The Morgan fingerprint density at radius 2 is 1.94 bits per heavy atom. The van der Waals surface area contributed by atoms with E-state index in [0.29, 0.717) is 6.61 Å². The average molecular weight is 256 g/mol. The molecule has 0 saturated carbocycles. The number of ether oxygens (including phenoxy) is 1. The molecule has 98 valence electrons. The monoisotopic (exact) mass is 256 g/mol. The van der Waals surface area contributed by atoms with Crippen LogP contribution in [0.3, 0.4) is 0 Å². The van der Waals surface area contributed by atoms with Gasteiger partial charge in [0.1, 0.15) is 10.6 Å². The minimum atomic E-state index is -0.338. The van der Waals surface area contributed by atoms with Gasteiger partial charge < -0.3 is 10.5 Å². The summed E-state index contributed by atoms with van der Waals surface area (Å²) in [6.07, 6.45) is 1.80. The molecule has 1 aromatic heterocycles. The molecule has 17 heavy (non-hydrogen) atoms. The molecular weight excluding hydrogens is 232 g/mol. The van der Waals surface area contributed by atoms with Crippen molar-refractivity contribution < 1.29 is 4.74 Å². The molecule has 2 atom stereocenters. The van der Waals surface area contributed by atoms with Crippen molar-refractivity contribution in [1.29, 1.82) is 0 Å². The molecule has 0 fully saturated rings. The van der Waals surface area contributed by atoms with Crippen molar-refractivity contribution in [2.24, 2.45) is 5.73 Å². The van der Waals surface area contributed by atoms with Crippen molar-refractivity contribution in [2.45, 2.75) is 58.6 Å². The minimum absolute atomic E-state index is 0.276. The second-order valence-electron chi connectivity index (χ2n) is 4.83. The van der Waals surface area contributed by atoms with Crippen molar-refractivity contribution >= 4 is 11.3 Å². The minimum Gasteiger partial charge on any atom is -0.368 e. The van der Waals surface area contributed by atoms with E-state index in [1.54, 1.807) is 11.3 Å². The number of hydrogen-bond donors (Lipinski definition) is 1. The summed E-state index contributed by atoms with van der Waals surface area (Å²) in [7, 11) is 0. The molecule has 0 saturated heterocycles. The molecule has 4 heteroatoms. The first-order valence-corrected chi connectivity index (χ1v) is 7.17. The number of nitrogens with two attached hydrogens (primary N) is 1. The Bertz CT molecular complexity index is 362. The predicted octanol–water partition coefficient (Wildman–Crippen LogP) is 3.39. The van der Waals surface area contributed by atoms with Crippen molar-refractivity contribution in [1.82, 2.24) is 4.98 Å². The standard InChI is InChI=1S/C13H24N2OS/c1-6-12(4,14)10-9-17-11(15-10)13(5,7-2)16-8-3/h9H,6-8,14H2,1-5H3. The van der Waals surface area contributed by atoms with Crippen LogP contribution in [-0.2, 0) is 15.9 Å². The zero-order valence-electron chi connectivity index (χ0n) is 11.5. The van der Waals surface area contributed by atoms with Gasteiger partial charge in [-0.15, -0.1) is 11.3 Å². The van der Waals surface area contributed by atoms with E-state index >= 15 is 0 Å². The van der Waals surface area contributed by atoms with Gasteiger partial charge >= 0.3 is 0 Å². The fraction of sp³-hybridized carbons (Fsp3) is 0.769. The third-order valence-electron chi connectivity index (χ3n) is 3.41. The summed E-state index contributed by atoms with van der Waals surface area (Å²) in [6.45, 7) is 11.0. The number of nitrogens with zero attached hydrogens (tertiary/aromatic N) is 1. The van der Waals surface area contributed by atoms with Crippen LogP contribution >= 0.6 is 11.3 Å². The summed E-state index contributed by atoms with van der Waals surface area (Å²) >= 11 is 1.65. The molecule has 1 heterocycles. The smallest absolute Gasteiger partial charge is 0.125 e. The number of hydrogen-bond acceptors (Lipinski definition) is 4. The molecule has 0 aliphatic carbocycles. The average Bonchev–Trinajstić information content (AvgIpc) is 2.79. The van der Waals surface area contributed by atoms with Crippen LogP contribution in [0.5, 0.6) is 0 Å². The molecule has 0 aliphatic rings. The Morgan fingerprint density at radius 3 is 2.41 bits per heavy atom. The molecule has 3 nitrogen and oxygen atoms in total. The van der Waals surface area contributed by atoms with Gasteiger partial charge in [-0.1, -0.05) is 13.8 Å². The van der Waals surface area contributed by atoms with E-state index in [-0.39, 0.29) is 11.1 Å². The highest BCUT2D eigenvalue weighted by molar-refractivity contribution is 7.09. The van der Waals surface area contributed by atoms with Crippen LogP contribution in [-0.4, -0.2) is 11.6 Å². The summed E-state index contributed by atoms with van der Waals surface area (Å²) in [5, 5.41) is 3.09. The van der Waals surface area contributed by atoms with E-state index in [9.17, 15) is 0 Å². The van der Waals surface area contributed by atoms with Crippen LogP contribution < -0.4 is 5.73 Å². The lowest BCUT2D eigenvalue weighted by Crippen LogP contribution is -2.33. The zero-order chi connectivity index (χ0) is 13.1. The first kappa shape index (κ1) is 14.6. The Kier molecular flexibility index (Phi) is 4.69. The maximum absolute atomic E-state index is 6.21. The summed E-state index contributed by atoms with van der Waals surface area (Å²) in [5.41, 5.74) is 6.57. The Labute approximate surface area is 108 Å². The molecule has 0 bridgehead atoms. The van der Waals surface area contributed by atoms with Gasteiger partial charge in [0.25, 0.3) is 0 Å². The van der Waals surface area contributed by atoms with Gasteiger partial charge in [-0.25, -0.2) is 4.98 Å². The maximum atomic E-state index is 6.21. The number of rotatable bonds is 6. The Morgan fingerprint density at radius 1 is 1.29 bits per heavy atom. The first-order chi connectivity index (χ1) is 7.89. The third kappa shape index (κ3) is 3.06. The topological polar surface area (TPSA) is 48.1 Å². The lowest BCUT2D eigenvalue weighted by atomic mass is 9.97. The largest absolute Gasteiger partial charge is 0.368 e. The van der Waals surface area contributed by atoms with Gasteiger partial charge in [-0.2, -0.15) is 0 Å². The van der Waals surface area contributed by atoms with Gasteiger partial charge in [0, 0.05) is 12.0 Å². The van der Waals surface area contributed by atoms with Gasteiger partial charge in [0.2, 0.25) is 0 Å². The van der Waals surface area contributed by atoms with E-state index < -0.39 is 0 Å². The fourth-order valence-corrected chi connectivity index (χ4v) is 2.74. The van der Waals surface area contributed by atoms with Crippen molar-refractivity contribution in [3.8, 4) is 0 Å². The lowest BCUT2D eigenvalue weighted by molar-refractivity contribution is -0.0326. The molecule has 1 aromatic rings. The van der Waals surface area contributed by atoms with E-state index in [1.807, 2.05) is 13.8 Å². The van der Waals surface area contributed by atoms with Gasteiger partial charge in [-0.3, -0.25) is 0 Å². The zero-order valence-corrected chi connectivity index (χ0v) is 12.4. The van der Waals surface area contributed by atoms with Crippen molar-refractivity contribution in [3.63, 3.8) is 0 Å². The van der Waals surface area contributed by atoms with Gasteiger partial charge in [0.05, 0.1) is 11.2 Å². The highest BCUT2D eigenvalue weighted by atomic mass is 32.1. The molecule has 0 radical (unpaired) electrons. The highest BCUT2D eigenvalue weighted by Crippen LogP contribution is 2.33. The molecule has 0 spiro atoms.